The monoisotopic (exact) mass is 393 g/mol. The van der Waals surface area contributed by atoms with Crippen LogP contribution in [0.25, 0.3) is 0 Å². The zero-order valence-corrected chi connectivity index (χ0v) is 16.9. The van der Waals surface area contributed by atoms with Crippen molar-refractivity contribution in [3.05, 3.63) is 24.3 Å². The quantitative estimate of drug-likeness (QED) is 0.420. The first-order valence-electron chi connectivity index (χ1n) is 9.50. The molecule has 0 radical (unpaired) electrons. The van der Waals surface area contributed by atoms with Gasteiger partial charge in [0.25, 0.3) is 0 Å². The van der Waals surface area contributed by atoms with E-state index in [-0.39, 0.29) is 17.9 Å². The summed E-state index contributed by atoms with van der Waals surface area (Å²) < 4.78 is 0. The Bertz CT molecular complexity index is 632. The molecule has 28 heavy (non-hydrogen) atoms. The van der Waals surface area contributed by atoms with E-state index in [2.05, 4.69) is 26.6 Å². The van der Waals surface area contributed by atoms with Gasteiger partial charge in [-0.3, -0.25) is 14.4 Å². The molecular weight excluding hydrogens is 362 g/mol. The smallest absolute Gasteiger partial charge is 0.315 e. The van der Waals surface area contributed by atoms with Crippen LogP contribution in [0.15, 0.2) is 24.3 Å². The standard InChI is InChI=1S/C19H31N5O4/c1-5-12(2)16(24-19(28)20-4)18(27)23-14-8-6-7-11-21-15(25)10-9-13(3)22-17(14)26/h6,8-10,12-14,16H,5,7,11H2,1-4H3,(H,21,25)(H,22,26)(H,23,27)(H2,20,24,28). The van der Waals surface area contributed by atoms with Crippen molar-refractivity contribution in [2.75, 3.05) is 13.6 Å². The molecule has 5 N–H and O–H groups in total. The molecule has 0 aromatic carbocycles. The fourth-order valence-electron chi connectivity index (χ4n) is 2.52. The van der Waals surface area contributed by atoms with Crippen LogP contribution in [0.3, 0.4) is 0 Å². The molecule has 0 bridgehead atoms. The van der Waals surface area contributed by atoms with Crippen LogP contribution in [-0.4, -0.2) is 55.5 Å². The van der Waals surface area contributed by atoms with Gasteiger partial charge in [0, 0.05) is 25.7 Å². The molecule has 0 saturated carbocycles. The molecule has 4 unspecified atom stereocenters. The highest BCUT2D eigenvalue weighted by atomic mass is 16.2. The van der Waals surface area contributed by atoms with Crippen LogP contribution in [0.1, 0.15) is 33.6 Å². The van der Waals surface area contributed by atoms with Gasteiger partial charge in [0.15, 0.2) is 0 Å². The minimum absolute atomic E-state index is 0.118. The molecule has 1 aliphatic rings. The first-order valence-corrected chi connectivity index (χ1v) is 9.50. The number of urea groups is 1. The van der Waals surface area contributed by atoms with Crippen molar-refractivity contribution in [1.82, 2.24) is 26.6 Å². The third-order valence-electron chi connectivity index (χ3n) is 4.43. The second kappa shape index (κ2) is 11.8. The van der Waals surface area contributed by atoms with Crippen molar-refractivity contribution in [3.63, 3.8) is 0 Å². The van der Waals surface area contributed by atoms with Gasteiger partial charge in [0.2, 0.25) is 17.7 Å². The summed E-state index contributed by atoms with van der Waals surface area (Å²) in [6.07, 6.45) is 7.45. The number of hydrogen-bond donors (Lipinski definition) is 5. The Labute approximate surface area is 165 Å². The lowest BCUT2D eigenvalue weighted by Gasteiger charge is -2.25. The zero-order chi connectivity index (χ0) is 21.1. The van der Waals surface area contributed by atoms with E-state index in [1.54, 1.807) is 25.2 Å². The minimum Gasteiger partial charge on any atom is -0.352 e. The fraction of sp³-hybridized carbons (Fsp3) is 0.579. The van der Waals surface area contributed by atoms with Crippen LogP contribution in [0, 0.1) is 5.92 Å². The third kappa shape index (κ3) is 7.81. The van der Waals surface area contributed by atoms with Gasteiger partial charge in [-0.15, -0.1) is 0 Å². The summed E-state index contributed by atoms with van der Waals surface area (Å²) in [5.74, 6) is -1.18. The second-order valence-corrected chi connectivity index (χ2v) is 6.74. The van der Waals surface area contributed by atoms with Crippen LogP contribution in [0.2, 0.25) is 0 Å². The van der Waals surface area contributed by atoms with Crippen LogP contribution >= 0.6 is 0 Å². The molecule has 0 spiro atoms. The molecule has 5 amide bonds. The molecule has 1 heterocycles. The van der Waals surface area contributed by atoms with E-state index in [0.29, 0.717) is 19.4 Å². The summed E-state index contributed by atoms with van der Waals surface area (Å²) in [6.45, 7) is 5.92. The van der Waals surface area contributed by atoms with Gasteiger partial charge in [0.05, 0.1) is 0 Å². The Hall–Kier alpha value is -2.84. The van der Waals surface area contributed by atoms with Crippen LogP contribution in [0.4, 0.5) is 4.79 Å². The summed E-state index contributed by atoms with van der Waals surface area (Å²) in [5, 5.41) is 13.2. The largest absolute Gasteiger partial charge is 0.352 e. The highest BCUT2D eigenvalue weighted by molar-refractivity contribution is 5.93. The Morgan fingerprint density at radius 2 is 2.00 bits per heavy atom. The van der Waals surface area contributed by atoms with Crippen molar-refractivity contribution in [3.8, 4) is 0 Å². The molecule has 1 aliphatic heterocycles. The zero-order valence-electron chi connectivity index (χ0n) is 16.9. The van der Waals surface area contributed by atoms with Crippen LogP contribution < -0.4 is 26.6 Å². The summed E-state index contributed by atoms with van der Waals surface area (Å²) in [6, 6.07) is -2.52. The molecule has 0 aromatic heterocycles. The summed E-state index contributed by atoms with van der Waals surface area (Å²) >= 11 is 0. The topological polar surface area (TPSA) is 128 Å². The molecule has 0 aliphatic carbocycles. The Kier molecular flexibility index (Phi) is 9.76. The molecule has 4 atom stereocenters. The highest BCUT2D eigenvalue weighted by Gasteiger charge is 2.29. The average molecular weight is 393 g/mol. The Balaban J connectivity index is 2.94. The van der Waals surface area contributed by atoms with Gasteiger partial charge >= 0.3 is 6.03 Å². The second-order valence-electron chi connectivity index (χ2n) is 6.74. The van der Waals surface area contributed by atoms with Gasteiger partial charge in [-0.2, -0.15) is 0 Å². The average Bonchev–Trinajstić information content (AvgIpc) is 2.67. The van der Waals surface area contributed by atoms with Crippen molar-refractivity contribution in [2.24, 2.45) is 5.92 Å². The molecular formula is C19H31N5O4. The first kappa shape index (κ1) is 23.2. The van der Waals surface area contributed by atoms with E-state index < -0.39 is 29.9 Å². The maximum absolute atomic E-state index is 12.8. The van der Waals surface area contributed by atoms with Crippen LogP contribution in [-0.2, 0) is 14.4 Å². The lowest BCUT2D eigenvalue weighted by molar-refractivity contribution is -0.129. The molecule has 9 nitrogen and oxygen atoms in total. The van der Waals surface area contributed by atoms with Crippen molar-refractivity contribution >= 4 is 23.8 Å². The van der Waals surface area contributed by atoms with Gasteiger partial charge < -0.3 is 26.6 Å². The molecule has 1 rings (SSSR count). The van der Waals surface area contributed by atoms with E-state index in [1.165, 1.54) is 13.1 Å². The van der Waals surface area contributed by atoms with Gasteiger partial charge in [-0.25, -0.2) is 4.79 Å². The van der Waals surface area contributed by atoms with Gasteiger partial charge in [-0.1, -0.05) is 38.5 Å². The van der Waals surface area contributed by atoms with E-state index >= 15 is 0 Å². The maximum atomic E-state index is 12.8. The number of amides is 5. The number of rotatable bonds is 5. The normalized spacial score (nSPS) is 22.6. The van der Waals surface area contributed by atoms with Gasteiger partial charge in [0.1, 0.15) is 12.1 Å². The maximum Gasteiger partial charge on any atom is 0.315 e. The Morgan fingerprint density at radius 3 is 2.64 bits per heavy atom. The first-order chi connectivity index (χ1) is 13.3. The number of nitrogens with one attached hydrogen (secondary N) is 5. The number of carbonyl (C=O) groups is 4. The lowest BCUT2D eigenvalue weighted by Crippen LogP contribution is -2.56. The predicted octanol–water partition coefficient (Wildman–Crippen LogP) is -0.0481. The van der Waals surface area contributed by atoms with E-state index in [0.717, 1.165) is 0 Å². The predicted molar refractivity (Wildman–Crippen MR) is 106 cm³/mol. The number of hydrogen-bond acceptors (Lipinski definition) is 4. The molecule has 0 saturated heterocycles. The molecule has 9 heteroatoms. The van der Waals surface area contributed by atoms with E-state index in [1.807, 2.05) is 13.8 Å². The Morgan fingerprint density at radius 1 is 1.29 bits per heavy atom. The lowest BCUT2D eigenvalue weighted by atomic mass is 9.98. The van der Waals surface area contributed by atoms with E-state index in [9.17, 15) is 19.2 Å². The summed E-state index contributed by atoms with van der Waals surface area (Å²) in [5.41, 5.74) is 0. The summed E-state index contributed by atoms with van der Waals surface area (Å²) in [7, 11) is 1.47. The molecule has 156 valence electrons. The van der Waals surface area contributed by atoms with E-state index in [4.69, 9.17) is 0 Å². The SMILES string of the molecule is CCC(C)C(NC(=O)NC)C(=O)NC1C=CCCNC(=O)C=CC(C)NC1=O. The number of carbonyl (C=O) groups excluding carboxylic acids is 4. The highest BCUT2D eigenvalue weighted by Crippen LogP contribution is 2.09. The third-order valence-corrected chi connectivity index (χ3v) is 4.43. The minimum atomic E-state index is -0.892. The summed E-state index contributed by atoms with van der Waals surface area (Å²) in [4.78, 5) is 48.6. The van der Waals surface area contributed by atoms with Crippen molar-refractivity contribution in [1.29, 1.82) is 0 Å². The van der Waals surface area contributed by atoms with Crippen molar-refractivity contribution < 1.29 is 19.2 Å². The molecule has 0 fully saturated rings. The van der Waals surface area contributed by atoms with Gasteiger partial charge in [-0.05, 0) is 19.3 Å². The molecule has 0 aromatic rings. The fourth-order valence-corrected chi connectivity index (χ4v) is 2.52. The van der Waals surface area contributed by atoms with Crippen LogP contribution in [0.5, 0.6) is 0 Å². The van der Waals surface area contributed by atoms with Crippen molar-refractivity contribution in [2.45, 2.75) is 51.7 Å².